The van der Waals surface area contributed by atoms with E-state index in [0.29, 0.717) is 11.7 Å². The largest absolute Gasteiger partial charge is 0.389 e. The van der Waals surface area contributed by atoms with Gasteiger partial charge in [-0.25, -0.2) is 0 Å². The van der Waals surface area contributed by atoms with Gasteiger partial charge in [-0.15, -0.1) is 0 Å². The zero-order valence-electron chi connectivity index (χ0n) is 12.1. The van der Waals surface area contributed by atoms with Crippen LogP contribution >= 0.6 is 11.8 Å². The first-order valence-electron chi connectivity index (χ1n) is 7.75. The number of rotatable bonds is 4. The number of hydrogen-bond donors (Lipinski definition) is 1. The second-order valence-electron chi connectivity index (χ2n) is 6.02. The minimum Gasteiger partial charge on any atom is -0.389 e. The summed E-state index contributed by atoms with van der Waals surface area (Å²) >= 11 is 1.97. The Morgan fingerprint density at radius 3 is 2.74 bits per heavy atom. The summed E-state index contributed by atoms with van der Waals surface area (Å²) in [7, 11) is 0. The molecule has 1 atom stereocenters. The molecule has 0 aromatic carbocycles. The number of aliphatic hydroxyl groups is 1. The highest BCUT2D eigenvalue weighted by Crippen LogP contribution is 2.33. The normalized spacial score (nSPS) is 27.3. The molecule has 1 heterocycles. The average molecular weight is 285 g/mol. The fourth-order valence-electron chi connectivity index (χ4n) is 3.30. The first-order valence-corrected chi connectivity index (χ1v) is 8.79. The lowest BCUT2D eigenvalue weighted by Gasteiger charge is -2.28. The van der Waals surface area contributed by atoms with Gasteiger partial charge in [-0.05, 0) is 31.4 Å². The molecule has 19 heavy (non-hydrogen) atoms. The number of carbonyl (C=O) groups excluding carboxylic acids is 1. The van der Waals surface area contributed by atoms with E-state index in [4.69, 9.17) is 0 Å². The average Bonchev–Trinajstić information content (AvgIpc) is 2.65. The van der Waals surface area contributed by atoms with E-state index in [1.54, 1.807) is 0 Å². The summed E-state index contributed by atoms with van der Waals surface area (Å²) in [6.45, 7) is 3.95. The van der Waals surface area contributed by atoms with Crippen molar-refractivity contribution in [3.63, 3.8) is 0 Å². The molecule has 1 saturated carbocycles. The molecule has 1 saturated heterocycles. The molecule has 0 aromatic heterocycles. The zero-order chi connectivity index (χ0) is 13.7. The summed E-state index contributed by atoms with van der Waals surface area (Å²) in [5.74, 6) is 1.30. The van der Waals surface area contributed by atoms with E-state index < -0.39 is 5.60 Å². The molecule has 0 spiro atoms. The van der Waals surface area contributed by atoms with Gasteiger partial charge < -0.3 is 10.0 Å². The standard InChI is InChI=1S/C15H27NO2S/c1-2-19-13-7-3-6-10-16(12-13)14(17)11-15(18)8-4-5-9-15/h13,18H,2-12H2,1H3. The molecule has 1 amide bonds. The van der Waals surface area contributed by atoms with Crippen LogP contribution in [-0.4, -0.2) is 45.6 Å². The van der Waals surface area contributed by atoms with Crippen molar-refractivity contribution in [2.75, 3.05) is 18.8 Å². The lowest BCUT2D eigenvalue weighted by Crippen LogP contribution is -2.40. The molecule has 3 nitrogen and oxygen atoms in total. The predicted octanol–water partition coefficient (Wildman–Crippen LogP) is 2.82. The quantitative estimate of drug-likeness (QED) is 0.863. The molecule has 0 aromatic rings. The van der Waals surface area contributed by atoms with E-state index in [2.05, 4.69) is 6.92 Å². The van der Waals surface area contributed by atoms with Crippen LogP contribution in [0.4, 0.5) is 0 Å². The van der Waals surface area contributed by atoms with Crippen molar-refractivity contribution in [1.29, 1.82) is 0 Å². The van der Waals surface area contributed by atoms with Gasteiger partial charge in [-0.2, -0.15) is 11.8 Å². The number of hydrogen-bond acceptors (Lipinski definition) is 3. The van der Waals surface area contributed by atoms with E-state index in [1.165, 1.54) is 12.8 Å². The van der Waals surface area contributed by atoms with Crippen molar-refractivity contribution in [3.8, 4) is 0 Å². The lowest BCUT2D eigenvalue weighted by molar-refractivity contribution is -0.136. The fraction of sp³-hybridized carbons (Fsp3) is 0.933. The third-order valence-electron chi connectivity index (χ3n) is 4.40. The second-order valence-corrected chi connectivity index (χ2v) is 7.60. The molecule has 0 radical (unpaired) electrons. The van der Waals surface area contributed by atoms with Gasteiger partial charge in [0.25, 0.3) is 0 Å². The summed E-state index contributed by atoms with van der Waals surface area (Å²) < 4.78 is 0. The Hall–Kier alpha value is -0.220. The Bertz CT molecular complexity index is 303. The minimum atomic E-state index is -0.698. The molecule has 1 aliphatic carbocycles. The molecule has 4 heteroatoms. The Kier molecular flexibility index (Phi) is 5.58. The van der Waals surface area contributed by atoms with Gasteiger partial charge in [0, 0.05) is 18.3 Å². The summed E-state index contributed by atoms with van der Waals surface area (Å²) in [6, 6.07) is 0. The number of nitrogens with zero attached hydrogens (tertiary/aromatic N) is 1. The first kappa shape index (κ1) is 15.2. The van der Waals surface area contributed by atoms with Gasteiger partial charge in [0.15, 0.2) is 0 Å². The van der Waals surface area contributed by atoms with Crippen molar-refractivity contribution >= 4 is 17.7 Å². The highest BCUT2D eigenvalue weighted by atomic mass is 32.2. The maximum Gasteiger partial charge on any atom is 0.225 e. The van der Waals surface area contributed by atoms with Crippen molar-refractivity contribution in [3.05, 3.63) is 0 Å². The minimum absolute atomic E-state index is 0.174. The highest BCUT2D eigenvalue weighted by Gasteiger charge is 2.35. The lowest BCUT2D eigenvalue weighted by atomic mass is 9.97. The van der Waals surface area contributed by atoms with Crippen LogP contribution < -0.4 is 0 Å². The zero-order valence-corrected chi connectivity index (χ0v) is 12.9. The van der Waals surface area contributed by atoms with Crippen LogP contribution in [0.25, 0.3) is 0 Å². The van der Waals surface area contributed by atoms with Crippen LogP contribution in [-0.2, 0) is 4.79 Å². The summed E-state index contributed by atoms with van der Waals surface area (Å²) in [5, 5.41) is 11.0. The van der Waals surface area contributed by atoms with Crippen molar-refractivity contribution in [2.24, 2.45) is 0 Å². The molecule has 1 unspecified atom stereocenters. The van der Waals surface area contributed by atoms with Crippen molar-refractivity contribution in [1.82, 2.24) is 4.90 Å². The van der Waals surface area contributed by atoms with Crippen LogP contribution in [0.2, 0.25) is 0 Å². The van der Waals surface area contributed by atoms with Crippen LogP contribution in [0.5, 0.6) is 0 Å². The number of thioether (sulfide) groups is 1. The number of carbonyl (C=O) groups is 1. The van der Waals surface area contributed by atoms with Gasteiger partial charge in [-0.3, -0.25) is 4.79 Å². The van der Waals surface area contributed by atoms with Gasteiger partial charge in [0.1, 0.15) is 0 Å². The number of likely N-dealkylation sites (tertiary alicyclic amines) is 1. The molecule has 1 N–H and O–H groups in total. The van der Waals surface area contributed by atoms with Gasteiger partial charge in [0.05, 0.1) is 12.0 Å². The maximum absolute atomic E-state index is 12.4. The van der Waals surface area contributed by atoms with E-state index in [1.807, 2.05) is 16.7 Å². The smallest absolute Gasteiger partial charge is 0.225 e. The van der Waals surface area contributed by atoms with Crippen LogP contribution in [0.3, 0.4) is 0 Å². The Labute approximate surface area is 121 Å². The third-order valence-corrected chi connectivity index (χ3v) is 5.59. The first-order chi connectivity index (χ1) is 9.13. The molecule has 2 aliphatic rings. The van der Waals surface area contributed by atoms with Crippen molar-refractivity contribution < 1.29 is 9.90 Å². The van der Waals surface area contributed by atoms with E-state index >= 15 is 0 Å². The summed E-state index contributed by atoms with van der Waals surface area (Å²) in [4.78, 5) is 14.4. The summed E-state index contributed by atoms with van der Waals surface area (Å²) in [6.07, 6.45) is 7.66. The highest BCUT2D eigenvalue weighted by molar-refractivity contribution is 7.99. The molecular weight excluding hydrogens is 258 g/mol. The monoisotopic (exact) mass is 285 g/mol. The van der Waals surface area contributed by atoms with Crippen LogP contribution in [0.15, 0.2) is 0 Å². The van der Waals surface area contributed by atoms with Gasteiger partial charge >= 0.3 is 0 Å². The predicted molar refractivity (Wildman–Crippen MR) is 80.4 cm³/mol. The van der Waals surface area contributed by atoms with Gasteiger partial charge in [0.2, 0.25) is 5.91 Å². The molecule has 110 valence electrons. The Balaban J connectivity index is 1.89. The SMILES string of the molecule is CCSC1CCCCN(C(=O)CC2(O)CCCC2)C1. The Morgan fingerprint density at radius 2 is 2.05 bits per heavy atom. The summed E-state index contributed by atoms with van der Waals surface area (Å²) in [5.41, 5.74) is -0.698. The number of amides is 1. The van der Waals surface area contributed by atoms with Crippen LogP contribution in [0, 0.1) is 0 Å². The van der Waals surface area contributed by atoms with E-state index in [0.717, 1.165) is 50.9 Å². The second kappa shape index (κ2) is 6.98. The molecule has 2 rings (SSSR count). The van der Waals surface area contributed by atoms with Gasteiger partial charge in [-0.1, -0.05) is 26.2 Å². The molecule has 0 bridgehead atoms. The molecule has 2 fully saturated rings. The fourth-order valence-corrected chi connectivity index (χ4v) is 4.39. The molecular formula is C15H27NO2S. The van der Waals surface area contributed by atoms with E-state index in [-0.39, 0.29) is 5.91 Å². The van der Waals surface area contributed by atoms with E-state index in [9.17, 15) is 9.90 Å². The van der Waals surface area contributed by atoms with Crippen molar-refractivity contribution in [2.45, 2.75) is 69.1 Å². The topological polar surface area (TPSA) is 40.5 Å². The Morgan fingerprint density at radius 1 is 1.32 bits per heavy atom. The maximum atomic E-state index is 12.4. The third kappa shape index (κ3) is 4.38. The van der Waals surface area contributed by atoms with Crippen LogP contribution in [0.1, 0.15) is 58.3 Å². The molecule has 1 aliphatic heterocycles.